The van der Waals surface area contributed by atoms with E-state index in [9.17, 15) is 4.79 Å². The molecule has 1 rings (SSSR count). The first-order valence-electron chi connectivity index (χ1n) is 5.10. The third-order valence-electron chi connectivity index (χ3n) is 2.68. The lowest BCUT2D eigenvalue weighted by Gasteiger charge is -2.27. The molecule has 1 fully saturated rings. The summed E-state index contributed by atoms with van der Waals surface area (Å²) in [5.41, 5.74) is 7.68. The summed E-state index contributed by atoms with van der Waals surface area (Å²) in [5, 5.41) is 12.3. The fourth-order valence-corrected chi connectivity index (χ4v) is 1.94. The SMILES string of the molecule is CC1(C)CC(OCCN=[N+]=[N-])CN1C(=O)O. The minimum Gasteiger partial charge on any atom is -0.465 e. The molecule has 1 unspecified atom stereocenters. The van der Waals surface area contributed by atoms with E-state index in [4.69, 9.17) is 15.4 Å². The number of carboxylic acid groups (broad SMARTS) is 1. The molecule has 1 heterocycles. The molecule has 0 aromatic carbocycles. The summed E-state index contributed by atoms with van der Waals surface area (Å²) in [7, 11) is 0. The maximum Gasteiger partial charge on any atom is 0.407 e. The van der Waals surface area contributed by atoms with E-state index in [0.717, 1.165) is 0 Å². The van der Waals surface area contributed by atoms with Gasteiger partial charge in [0.15, 0.2) is 0 Å². The Hall–Kier alpha value is -1.46. The van der Waals surface area contributed by atoms with Crippen molar-refractivity contribution in [2.75, 3.05) is 19.7 Å². The molecule has 1 amide bonds. The van der Waals surface area contributed by atoms with E-state index < -0.39 is 11.6 Å². The van der Waals surface area contributed by atoms with Crippen molar-refractivity contribution in [3.63, 3.8) is 0 Å². The van der Waals surface area contributed by atoms with Crippen molar-refractivity contribution in [3.8, 4) is 0 Å². The molecule has 0 aliphatic carbocycles. The number of carbonyl (C=O) groups is 1. The molecular formula is C9H16N4O3. The number of nitrogens with zero attached hydrogens (tertiary/aromatic N) is 4. The molecule has 1 N–H and O–H groups in total. The van der Waals surface area contributed by atoms with Crippen LogP contribution in [0.25, 0.3) is 10.4 Å². The van der Waals surface area contributed by atoms with Gasteiger partial charge >= 0.3 is 6.09 Å². The summed E-state index contributed by atoms with van der Waals surface area (Å²) in [6.45, 7) is 4.73. The summed E-state index contributed by atoms with van der Waals surface area (Å²) in [5.74, 6) is 0. The number of likely N-dealkylation sites (tertiary alicyclic amines) is 1. The van der Waals surface area contributed by atoms with Gasteiger partial charge in [0, 0.05) is 17.0 Å². The highest BCUT2D eigenvalue weighted by molar-refractivity contribution is 5.66. The van der Waals surface area contributed by atoms with Crippen LogP contribution in [-0.2, 0) is 4.74 Å². The molecule has 0 spiro atoms. The third-order valence-corrected chi connectivity index (χ3v) is 2.68. The molecular weight excluding hydrogens is 212 g/mol. The lowest BCUT2D eigenvalue weighted by molar-refractivity contribution is 0.0640. The molecule has 1 aliphatic heterocycles. The van der Waals surface area contributed by atoms with Gasteiger partial charge in [0.1, 0.15) is 0 Å². The molecule has 1 aliphatic rings. The second kappa shape index (κ2) is 5.05. The van der Waals surface area contributed by atoms with Gasteiger partial charge in [0.05, 0.1) is 19.3 Å². The minimum atomic E-state index is -0.925. The normalized spacial score (nSPS) is 22.9. The first-order chi connectivity index (χ1) is 7.47. The highest BCUT2D eigenvalue weighted by atomic mass is 16.5. The lowest BCUT2D eigenvalue weighted by Crippen LogP contribution is -2.41. The molecule has 0 radical (unpaired) electrons. The van der Waals surface area contributed by atoms with Crippen LogP contribution in [0.5, 0.6) is 0 Å². The predicted molar refractivity (Wildman–Crippen MR) is 57.2 cm³/mol. The van der Waals surface area contributed by atoms with E-state index in [-0.39, 0.29) is 12.6 Å². The van der Waals surface area contributed by atoms with Crippen LogP contribution in [0.15, 0.2) is 5.11 Å². The smallest absolute Gasteiger partial charge is 0.407 e. The quantitative estimate of drug-likeness (QED) is 0.344. The van der Waals surface area contributed by atoms with Crippen LogP contribution in [0.4, 0.5) is 4.79 Å². The Morgan fingerprint density at radius 2 is 2.44 bits per heavy atom. The molecule has 0 saturated carbocycles. The molecule has 1 atom stereocenters. The maximum atomic E-state index is 10.9. The van der Waals surface area contributed by atoms with Crippen molar-refractivity contribution >= 4 is 6.09 Å². The van der Waals surface area contributed by atoms with Crippen LogP contribution >= 0.6 is 0 Å². The molecule has 0 aromatic rings. The number of amides is 1. The molecule has 0 bridgehead atoms. The van der Waals surface area contributed by atoms with E-state index in [0.29, 0.717) is 19.6 Å². The van der Waals surface area contributed by atoms with Crippen molar-refractivity contribution in [1.29, 1.82) is 0 Å². The Morgan fingerprint density at radius 1 is 1.75 bits per heavy atom. The molecule has 7 heteroatoms. The number of azide groups is 1. The molecule has 16 heavy (non-hydrogen) atoms. The number of rotatable bonds is 4. The summed E-state index contributed by atoms with van der Waals surface area (Å²) in [6, 6.07) is 0. The highest BCUT2D eigenvalue weighted by Gasteiger charge is 2.41. The van der Waals surface area contributed by atoms with Gasteiger partial charge in [-0.1, -0.05) is 5.11 Å². The zero-order valence-electron chi connectivity index (χ0n) is 9.46. The zero-order valence-corrected chi connectivity index (χ0v) is 9.46. The van der Waals surface area contributed by atoms with Gasteiger partial charge in [-0.25, -0.2) is 4.79 Å². The van der Waals surface area contributed by atoms with E-state index in [2.05, 4.69) is 10.0 Å². The predicted octanol–water partition coefficient (Wildman–Crippen LogP) is 1.84. The maximum absolute atomic E-state index is 10.9. The number of hydrogen-bond donors (Lipinski definition) is 1. The second-order valence-corrected chi connectivity index (χ2v) is 4.36. The van der Waals surface area contributed by atoms with Crippen LogP contribution in [0.3, 0.4) is 0 Å². The Morgan fingerprint density at radius 3 is 2.94 bits per heavy atom. The highest BCUT2D eigenvalue weighted by Crippen LogP contribution is 2.30. The lowest BCUT2D eigenvalue weighted by atomic mass is 10.0. The van der Waals surface area contributed by atoms with Gasteiger partial charge in [-0.15, -0.1) is 0 Å². The van der Waals surface area contributed by atoms with Crippen LogP contribution < -0.4 is 0 Å². The van der Waals surface area contributed by atoms with Crippen LogP contribution in [0, 0.1) is 0 Å². The van der Waals surface area contributed by atoms with Gasteiger partial charge in [-0.05, 0) is 25.8 Å². The molecule has 1 saturated heterocycles. The van der Waals surface area contributed by atoms with Crippen molar-refractivity contribution in [2.24, 2.45) is 5.11 Å². The number of ether oxygens (including phenoxy) is 1. The van der Waals surface area contributed by atoms with Crippen molar-refractivity contribution < 1.29 is 14.6 Å². The molecule has 7 nitrogen and oxygen atoms in total. The Bertz CT molecular complexity index is 312. The van der Waals surface area contributed by atoms with Crippen LogP contribution in [-0.4, -0.2) is 47.4 Å². The fourth-order valence-electron chi connectivity index (χ4n) is 1.94. The standard InChI is InChI=1S/C9H16N4O3/c1-9(2)5-7(6-13(9)8(14)15)16-4-3-11-12-10/h7H,3-6H2,1-2H3,(H,14,15). The zero-order chi connectivity index (χ0) is 12.2. The summed E-state index contributed by atoms with van der Waals surface area (Å²) in [4.78, 5) is 14.9. The van der Waals surface area contributed by atoms with E-state index in [1.54, 1.807) is 0 Å². The second-order valence-electron chi connectivity index (χ2n) is 4.36. The van der Waals surface area contributed by atoms with Crippen LogP contribution in [0.1, 0.15) is 20.3 Å². The van der Waals surface area contributed by atoms with Gasteiger partial charge in [-0.2, -0.15) is 0 Å². The van der Waals surface area contributed by atoms with Crippen molar-refractivity contribution in [2.45, 2.75) is 31.9 Å². The molecule has 90 valence electrons. The topological polar surface area (TPSA) is 98.5 Å². The van der Waals surface area contributed by atoms with Crippen LogP contribution in [0.2, 0.25) is 0 Å². The van der Waals surface area contributed by atoms with Gasteiger partial charge in [0.25, 0.3) is 0 Å². The summed E-state index contributed by atoms with van der Waals surface area (Å²) in [6.07, 6.45) is -0.374. The van der Waals surface area contributed by atoms with Gasteiger partial charge < -0.3 is 14.7 Å². The summed E-state index contributed by atoms with van der Waals surface area (Å²) < 4.78 is 5.45. The number of hydrogen-bond acceptors (Lipinski definition) is 3. The van der Waals surface area contributed by atoms with Crippen molar-refractivity contribution in [3.05, 3.63) is 10.4 Å². The van der Waals surface area contributed by atoms with E-state index >= 15 is 0 Å². The first-order valence-corrected chi connectivity index (χ1v) is 5.10. The first kappa shape index (κ1) is 12.6. The van der Waals surface area contributed by atoms with Gasteiger partial charge in [-0.3, -0.25) is 0 Å². The Balaban J connectivity index is 2.43. The minimum absolute atomic E-state index is 0.111. The largest absolute Gasteiger partial charge is 0.465 e. The van der Waals surface area contributed by atoms with Gasteiger partial charge in [0.2, 0.25) is 0 Å². The Labute approximate surface area is 93.6 Å². The monoisotopic (exact) mass is 228 g/mol. The average Bonchev–Trinajstić information content (AvgIpc) is 2.48. The van der Waals surface area contributed by atoms with E-state index in [1.165, 1.54) is 4.90 Å². The average molecular weight is 228 g/mol. The third kappa shape index (κ3) is 3.01. The Kier molecular flexibility index (Phi) is 3.98. The fraction of sp³-hybridized carbons (Fsp3) is 0.889. The van der Waals surface area contributed by atoms with Crippen molar-refractivity contribution in [1.82, 2.24) is 4.90 Å². The summed E-state index contributed by atoms with van der Waals surface area (Å²) >= 11 is 0. The van der Waals surface area contributed by atoms with E-state index in [1.807, 2.05) is 13.8 Å². The molecule has 0 aromatic heterocycles.